The zero-order valence-electron chi connectivity index (χ0n) is 8.99. The molecule has 14 heavy (non-hydrogen) atoms. The number of rotatable bonds is 2. The highest BCUT2D eigenvalue weighted by molar-refractivity contribution is 5.74. The van der Waals surface area contributed by atoms with Gasteiger partial charge in [0, 0.05) is 19.6 Å². The average molecular weight is 200 g/mol. The number of piperidine rings is 1. The van der Waals surface area contributed by atoms with Crippen molar-refractivity contribution in [1.29, 1.82) is 0 Å². The van der Waals surface area contributed by atoms with E-state index in [1.165, 1.54) is 6.42 Å². The van der Waals surface area contributed by atoms with Crippen LogP contribution in [0.5, 0.6) is 0 Å². The second kappa shape index (κ2) is 5.20. The summed E-state index contributed by atoms with van der Waals surface area (Å²) in [6, 6.07) is -0.0440. The number of hydrogen-bond acceptors (Lipinski definition) is 2. The zero-order valence-corrected chi connectivity index (χ0v) is 8.99. The van der Waals surface area contributed by atoms with Gasteiger partial charge < -0.3 is 15.3 Å². The molecule has 4 heteroatoms. The van der Waals surface area contributed by atoms with Gasteiger partial charge in [-0.2, -0.15) is 0 Å². The first-order valence-corrected chi connectivity index (χ1v) is 5.30. The minimum Gasteiger partial charge on any atom is -0.392 e. The van der Waals surface area contributed by atoms with Crippen molar-refractivity contribution in [3.8, 4) is 0 Å². The normalized spacial score (nSPS) is 24.5. The Morgan fingerprint density at radius 2 is 2.43 bits per heavy atom. The molecule has 2 atom stereocenters. The highest BCUT2D eigenvalue weighted by Crippen LogP contribution is 2.14. The maximum absolute atomic E-state index is 11.6. The number of aliphatic hydroxyl groups is 1. The largest absolute Gasteiger partial charge is 0.392 e. The number of urea groups is 1. The molecule has 0 radical (unpaired) electrons. The molecule has 1 aliphatic rings. The molecule has 82 valence electrons. The number of likely N-dealkylation sites (tertiary alicyclic amines) is 1. The van der Waals surface area contributed by atoms with Gasteiger partial charge in [0.15, 0.2) is 0 Å². The lowest BCUT2D eigenvalue weighted by molar-refractivity contribution is 0.155. The molecule has 0 aromatic carbocycles. The van der Waals surface area contributed by atoms with Crippen molar-refractivity contribution in [2.24, 2.45) is 5.92 Å². The Hall–Kier alpha value is -0.770. The van der Waals surface area contributed by atoms with Crippen LogP contribution < -0.4 is 5.32 Å². The summed E-state index contributed by atoms with van der Waals surface area (Å²) >= 11 is 0. The number of hydrogen-bond donors (Lipinski definition) is 2. The molecular formula is C10H20N2O2. The first-order valence-electron chi connectivity index (χ1n) is 5.30. The van der Waals surface area contributed by atoms with Crippen LogP contribution in [0.25, 0.3) is 0 Å². The summed E-state index contributed by atoms with van der Waals surface area (Å²) in [5.41, 5.74) is 0. The standard InChI is InChI=1S/C10H20N2O2/c1-8-4-3-5-12(7-8)10(14)11-6-9(2)13/h8-9,13H,3-7H2,1-2H3,(H,11,14)/t8?,9-/m0/s1. The van der Waals surface area contributed by atoms with Gasteiger partial charge in [0.1, 0.15) is 0 Å². The number of nitrogens with one attached hydrogen (secondary N) is 1. The van der Waals surface area contributed by atoms with E-state index in [0.29, 0.717) is 12.5 Å². The van der Waals surface area contributed by atoms with E-state index in [4.69, 9.17) is 5.11 Å². The van der Waals surface area contributed by atoms with E-state index in [9.17, 15) is 4.79 Å². The van der Waals surface area contributed by atoms with Gasteiger partial charge in [-0.15, -0.1) is 0 Å². The van der Waals surface area contributed by atoms with Gasteiger partial charge in [-0.1, -0.05) is 6.92 Å². The van der Waals surface area contributed by atoms with Crippen molar-refractivity contribution in [2.75, 3.05) is 19.6 Å². The first kappa shape index (κ1) is 11.3. The maximum atomic E-state index is 11.6. The summed E-state index contributed by atoms with van der Waals surface area (Å²) in [5, 5.41) is 11.7. The zero-order chi connectivity index (χ0) is 10.6. The van der Waals surface area contributed by atoms with Crippen LogP contribution in [0.3, 0.4) is 0 Å². The van der Waals surface area contributed by atoms with Crippen LogP contribution >= 0.6 is 0 Å². The van der Waals surface area contributed by atoms with Gasteiger partial charge in [0.2, 0.25) is 0 Å². The van der Waals surface area contributed by atoms with Crippen molar-refractivity contribution >= 4 is 6.03 Å². The van der Waals surface area contributed by atoms with Crippen LogP contribution in [-0.4, -0.2) is 41.8 Å². The van der Waals surface area contributed by atoms with E-state index in [0.717, 1.165) is 19.5 Å². The molecule has 1 rings (SSSR count). The van der Waals surface area contributed by atoms with Gasteiger partial charge in [-0.05, 0) is 25.7 Å². The van der Waals surface area contributed by atoms with Crippen LogP contribution in [0.4, 0.5) is 4.79 Å². The molecule has 0 aliphatic carbocycles. The predicted molar refractivity (Wildman–Crippen MR) is 55.1 cm³/mol. The summed E-state index contributed by atoms with van der Waals surface area (Å²) < 4.78 is 0. The van der Waals surface area contributed by atoms with Gasteiger partial charge in [0.25, 0.3) is 0 Å². The Morgan fingerprint density at radius 3 is 3.00 bits per heavy atom. The van der Waals surface area contributed by atoms with E-state index >= 15 is 0 Å². The quantitative estimate of drug-likeness (QED) is 0.693. The second-order valence-corrected chi connectivity index (χ2v) is 4.23. The van der Waals surface area contributed by atoms with Gasteiger partial charge in [-0.3, -0.25) is 0 Å². The lowest BCUT2D eigenvalue weighted by Crippen LogP contribution is -2.46. The third-order valence-corrected chi connectivity index (χ3v) is 2.49. The van der Waals surface area contributed by atoms with Gasteiger partial charge in [0.05, 0.1) is 6.10 Å². The molecule has 0 spiro atoms. The van der Waals surface area contributed by atoms with Crippen molar-refractivity contribution in [3.05, 3.63) is 0 Å². The monoisotopic (exact) mass is 200 g/mol. The van der Waals surface area contributed by atoms with E-state index in [1.54, 1.807) is 6.92 Å². The topological polar surface area (TPSA) is 52.6 Å². The lowest BCUT2D eigenvalue weighted by Gasteiger charge is -2.31. The summed E-state index contributed by atoms with van der Waals surface area (Å²) in [6.07, 6.45) is 1.82. The SMILES string of the molecule is CC1CCCN(C(=O)NC[C@H](C)O)C1. The highest BCUT2D eigenvalue weighted by Gasteiger charge is 2.20. The van der Waals surface area contributed by atoms with Crippen molar-refractivity contribution < 1.29 is 9.90 Å². The van der Waals surface area contributed by atoms with Crippen LogP contribution in [0.2, 0.25) is 0 Å². The van der Waals surface area contributed by atoms with Crippen LogP contribution in [0.15, 0.2) is 0 Å². The van der Waals surface area contributed by atoms with E-state index < -0.39 is 6.10 Å². The predicted octanol–water partition coefficient (Wildman–Crippen LogP) is 0.809. The Labute approximate surface area is 85.3 Å². The van der Waals surface area contributed by atoms with Crippen molar-refractivity contribution in [2.45, 2.75) is 32.8 Å². The van der Waals surface area contributed by atoms with Gasteiger partial charge >= 0.3 is 6.03 Å². The van der Waals surface area contributed by atoms with Crippen molar-refractivity contribution in [1.82, 2.24) is 10.2 Å². The molecular weight excluding hydrogens is 180 g/mol. The maximum Gasteiger partial charge on any atom is 0.317 e. The minimum absolute atomic E-state index is 0.0440. The molecule has 1 unspecified atom stereocenters. The van der Waals surface area contributed by atoms with E-state index in [2.05, 4.69) is 12.2 Å². The number of nitrogens with zero attached hydrogens (tertiary/aromatic N) is 1. The molecule has 0 saturated carbocycles. The summed E-state index contributed by atoms with van der Waals surface area (Å²) in [5.74, 6) is 0.598. The molecule has 0 aromatic heterocycles. The fraction of sp³-hybridized carbons (Fsp3) is 0.900. The number of aliphatic hydroxyl groups excluding tert-OH is 1. The molecule has 4 nitrogen and oxygen atoms in total. The van der Waals surface area contributed by atoms with Crippen LogP contribution in [0.1, 0.15) is 26.7 Å². The molecule has 2 amide bonds. The highest BCUT2D eigenvalue weighted by atomic mass is 16.3. The third-order valence-electron chi connectivity index (χ3n) is 2.49. The second-order valence-electron chi connectivity index (χ2n) is 4.23. The molecule has 2 N–H and O–H groups in total. The summed E-state index contributed by atoms with van der Waals surface area (Å²) in [7, 11) is 0. The van der Waals surface area contributed by atoms with E-state index in [-0.39, 0.29) is 6.03 Å². The molecule has 1 heterocycles. The Bertz CT molecular complexity index is 195. The smallest absolute Gasteiger partial charge is 0.317 e. The fourth-order valence-corrected chi connectivity index (χ4v) is 1.72. The van der Waals surface area contributed by atoms with Gasteiger partial charge in [-0.25, -0.2) is 4.79 Å². The van der Waals surface area contributed by atoms with Crippen LogP contribution in [0, 0.1) is 5.92 Å². The molecule has 1 fully saturated rings. The third kappa shape index (κ3) is 3.54. The Balaban J connectivity index is 2.29. The fourth-order valence-electron chi connectivity index (χ4n) is 1.72. The van der Waals surface area contributed by atoms with E-state index in [1.807, 2.05) is 4.90 Å². The Morgan fingerprint density at radius 1 is 1.71 bits per heavy atom. The first-order chi connectivity index (χ1) is 6.59. The molecule has 1 saturated heterocycles. The molecule has 1 aliphatic heterocycles. The molecule has 0 aromatic rings. The summed E-state index contributed by atoms with van der Waals surface area (Å²) in [6.45, 7) is 5.85. The Kier molecular flexibility index (Phi) is 4.20. The van der Waals surface area contributed by atoms with Crippen LogP contribution in [-0.2, 0) is 0 Å². The minimum atomic E-state index is -0.471. The number of carbonyl (C=O) groups is 1. The number of amides is 2. The van der Waals surface area contributed by atoms with Crippen molar-refractivity contribution in [3.63, 3.8) is 0 Å². The number of carbonyl (C=O) groups excluding carboxylic acids is 1. The lowest BCUT2D eigenvalue weighted by atomic mass is 10.0. The summed E-state index contributed by atoms with van der Waals surface area (Å²) in [4.78, 5) is 13.4. The molecule has 0 bridgehead atoms. The average Bonchev–Trinajstić information content (AvgIpc) is 2.14.